The summed E-state index contributed by atoms with van der Waals surface area (Å²) in [5.41, 5.74) is 0. The molecule has 0 saturated carbocycles. The molecule has 13 heavy (non-hydrogen) atoms. The molecule has 0 aromatic carbocycles. The van der Waals surface area contributed by atoms with Crippen molar-refractivity contribution >= 4 is 0 Å². The number of aliphatic hydroxyl groups is 1. The van der Waals surface area contributed by atoms with Crippen LogP contribution in [-0.4, -0.2) is 49.5 Å². The zero-order valence-corrected chi connectivity index (χ0v) is 8.20. The first kappa shape index (κ1) is 12.4. The predicted molar refractivity (Wildman–Crippen MR) is 50.2 cm³/mol. The number of hydrogen-bond donors (Lipinski definition) is 1. The largest absolute Gasteiger partial charge is 0.394 e. The molecule has 0 rings (SSSR count). The van der Waals surface area contributed by atoms with E-state index in [1.165, 1.54) is 0 Å². The van der Waals surface area contributed by atoms with Crippen molar-refractivity contribution < 1.29 is 9.84 Å². The lowest BCUT2D eigenvalue weighted by molar-refractivity contribution is 0.0751. The predicted octanol–water partition coefficient (Wildman–Crippen LogP) is 0.231. The summed E-state index contributed by atoms with van der Waals surface area (Å²) < 4.78 is 5.12. The van der Waals surface area contributed by atoms with E-state index in [4.69, 9.17) is 15.1 Å². The minimum Gasteiger partial charge on any atom is -0.394 e. The lowest BCUT2D eigenvalue weighted by Crippen LogP contribution is -2.28. The fraction of sp³-hybridized carbons (Fsp3) is 0.889. The van der Waals surface area contributed by atoms with Crippen LogP contribution in [-0.2, 0) is 4.74 Å². The Morgan fingerprint density at radius 2 is 2.15 bits per heavy atom. The molecule has 0 aliphatic carbocycles. The van der Waals surface area contributed by atoms with E-state index < -0.39 is 0 Å². The van der Waals surface area contributed by atoms with Crippen molar-refractivity contribution in [3.8, 4) is 6.07 Å². The monoisotopic (exact) mass is 186 g/mol. The number of nitriles is 1. The summed E-state index contributed by atoms with van der Waals surface area (Å²) in [4.78, 5) is 2.15. The zero-order chi connectivity index (χ0) is 9.94. The molecule has 0 aromatic rings. The van der Waals surface area contributed by atoms with Crippen molar-refractivity contribution in [2.24, 2.45) is 0 Å². The van der Waals surface area contributed by atoms with E-state index in [0.29, 0.717) is 19.6 Å². The second kappa shape index (κ2) is 9.46. The van der Waals surface area contributed by atoms with Crippen molar-refractivity contribution in [3.05, 3.63) is 0 Å². The Bertz CT molecular complexity index is 145. The van der Waals surface area contributed by atoms with Crippen LogP contribution in [0.2, 0.25) is 0 Å². The number of hydrogen-bond acceptors (Lipinski definition) is 4. The molecule has 1 N–H and O–H groups in total. The molecular formula is C9H18N2O2. The van der Waals surface area contributed by atoms with Gasteiger partial charge in [-0.1, -0.05) is 6.92 Å². The van der Waals surface area contributed by atoms with E-state index in [1.54, 1.807) is 0 Å². The van der Waals surface area contributed by atoms with Gasteiger partial charge in [-0.25, -0.2) is 0 Å². The van der Waals surface area contributed by atoms with E-state index in [2.05, 4.69) is 17.9 Å². The van der Waals surface area contributed by atoms with Gasteiger partial charge in [0, 0.05) is 19.5 Å². The summed E-state index contributed by atoms with van der Waals surface area (Å²) in [6.07, 6.45) is 0.563. The summed E-state index contributed by atoms with van der Waals surface area (Å²) in [5, 5.41) is 16.8. The van der Waals surface area contributed by atoms with Gasteiger partial charge in [0.1, 0.15) is 0 Å². The van der Waals surface area contributed by atoms with E-state index in [0.717, 1.165) is 19.6 Å². The molecule has 0 unspecified atom stereocenters. The molecule has 0 atom stereocenters. The zero-order valence-electron chi connectivity index (χ0n) is 8.20. The number of aliphatic hydroxyl groups excluding tert-OH is 1. The lowest BCUT2D eigenvalue weighted by atomic mass is 10.4. The molecule has 0 spiro atoms. The molecule has 4 nitrogen and oxygen atoms in total. The van der Waals surface area contributed by atoms with Crippen LogP contribution in [0.4, 0.5) is 0 Å². The highest BCUT2D eigenvalue weighted by Gasteiger charge is 2.00. The highest BCUT2D eigenvalue weighted by Crippen LogP contribution is 1.90. The fourth-order valence-corrected chi connectivity index (χ4v) is 0.996. The van der Waals surface area contributed by atoms with Crippen LogP contribution in [0.1, 0.15) is 13.3 Å². The molecule has 0 aliphatic heterocycles. The molecule has 0 amide bonds. The Morgan fingerprint density at radius 3 is 2.69 bits per heavy atom. The van der Waals surface area contributed by atoms with Gasteiger partial charge in [0.15, 0.2) is 0 Å². The average Bonchev–Trinajstić information content (AvgIpc) is 2.17. The molecule has 0 radical (unpaired) electrons. The molecular weight excluding hydrogens is 168 g/mol. The first-order chi connectivity index (χ1) is 6.35. The Kier molecular flexibility index (Phi) is 9.00. The lowest BCUT2D eigenvalue weighted by Gasteiger charge is -2.18. The second-order valence-corrected chi connectivity index (χ2v) is 2.68. The van der Waals surface area contributed by atoms with Crippen LogP contribution >= 0.6 is 0 Å². The number of rotatable bonds is 8. The topological polar surface area (TPSA) is 56.5 Å². The highest BCUT2D eigenvalue weighted by molar-refractivity contribution is 4.71. The summed E-state index contributed by atoms with van der Waals surface area (Å²) in [7, 11) is 0. The normalized spacial score (nSPS) is 10.3. The number of ether oxygens (including phenoxy) is 1. The fourth-order valence-electron chi connectivity index (χ4n) is 0.996. The maximum atomic E-state index is 8.45. The molecule has 0 heterocycles. The van der Waals surface area contributed by atoms with Crippen LogP contribution < -0.4 is 0 Å². The van der Waals surface area contributed by atoms with Gasteiger partial charge >= 0.3 is 0 Å². The van der Waals surface area contributed by atoms with E-state index in [-0.39, 0.29) is 6.61 Å². The minimum absolute atomic E-state index is 0.0737. The minimum atomic E-state index is 0.0737. The van der Waals surface area contributed by atoms with Crippen LogP contribution in [0.25, 0.3) is 0 Å². The van der Waals surface area contributed by atoms with Crippen molar-refractivity contribution in [1.82, 2.24) is 4.90 Å². The maximum absolute atomic E-state index is 8.45. The Balaban J connectivity index is 3.32. The Hall–Kier alpha value is -0.630. The summed E-state index contributed by atoms with van der Waals surface area (Å²) >= 11 is 0. The van der Waals surface area contributed by atoms with Crippen LogP contribution in [0.5, 0.6) is 0 Å². The molecule has 0 aliphatic rings. The van der Waals surface area contributed by atoms with Crippen LogP contribution in [0.15, 0.2) is 0 Å². The van der Waals surface area contributed by atoms with Gasteiger partial charge in [0.2, 0.25) is 0 Å². The van der Waals surface area contributed by atoms with E-state index in [1.807, 2.05) is 0 Å². The molecule has 0 aromatic heterocycles. The van der Waals surface area contributed by atoms with E-state index in [9.17, 15) is 0 Å². The third-order valence-corrected chi connectivity index (χ3v) is 1.77. The van der Waals surface area contributed by atoms with Gasteiger partial charge < -0.3 is 14.7 Å². The SMILES string of the molecule is CCN(CCC#N)CCOCCO. The van der Waals surface area contributed by atoms with Crippen LogP contribution in [0.3, 0.4) is 0 Å². The molecule has 0 saturated heterocycles. The first-order valence-corrected chi connectivity index (χ1v) is 4.63. The van der Waals surface area contributed by atoms with E-state index >= 15 is 0 Å². The van der Waals surface area contributed by atoms with Crippen LogP contribution in [0, 0.1) is 11.3 Å². The van der Waals surface area contributed by atoms with Gasteiger partial charge in [-0.15, -0.1) is 0 Å². The summed E-state index contributed by atoms with van der Waals surface area (Å²) in [6.45, 7) is 5.72. The second-order valence-electron chi connectivity index (χ2n) is 2.68. The third-order valence-electron chi connectivity index (χ3n) is 1.77. The molecule has 0 fully saturated rings. The third kappa shape index (κ3) is 7.72. The number of nitrogens with zero attached hydrogens (tertiary/aromatic N) is 2. The Labute approximate surface area is 79.7 Å². The quantitative estimate of drug-likeness (QED) is 0.551. The smallest absolute Gasteiger partial charge is 0.0698 e. The first-order valence-electron chi connectivity index (χ1n) is 4.63. The Morgan fingerprint density at radius 1 is 1.38 bits per heavy atom. The standard InChI is InChI=1S/C9H18N2O2/c1-2-11(5-3-4-10)6-8-13-9-7-12/h12H,2-3,5-9H2,1H3. The van der Waals surface area contributed by atoms with Crippen molar-refractivity contribution in [3.63, 3.8) is 0 Å². The highest BCUT2D eigenvalue weighted by atomic mass is 16.5. The summed E-state index contributed by atoms with van der Waals surface area (Å²) in [5.74, 6) is 0. The van der Waals surface area contributed by atoms with Crippen molar-refractivity contribution in [1.29, 1.82) is 5.26 Å². The molecule has 4 heteroatoms. The van der Waals surface area contributed by atoms with Crippen molar-refractivity contribution in [2.45, 2.75) is 13.3 Å². The average molecular weight is 186 g/mol. The van der Waals surface area contributed by atoms with Gasteiger partial charge in [0.05, 0.1) is 25.9 Å². The molecule has 76 valence electrons. The molecule has 0 bridgehead atoms. The van der Waals surface area contributed by atoms with Gasteiger partial charge in [-0.2, -0.15) is 5.26 Å². The van der Waals surface area contributed by atoms with Gasteiger partial charge in [-0.05, 0) is 6.54 Å². The maximum Gasteiger partial charge on any atom is 0.0698 e. The number of likely N-dealkylation sites (N-methyl/N-ethyl adjacent to an activating group) is 1. The van der Waals surface area contributed by atoms with Gasteiger partial charge in [0.25, 0.3) is 0 Å². The van der Waals surface area contributed by atoms with Crippen molar-refractivity contribution in [2.75, 3.05) is 39.5 Å². The summed E-state index contributed by atoms with van der Waals surface area (Å²) in [6, 6.07) is 2.11. The van der Waals surface area contributed by atoms with Gasteiger partial charge in [-0.3, -0.25) is 0 Å².